The Bertz CT molecular complexity index is 4930. The molecule has 0 unspecified atom stereocenters. The van der Waals surface area contributed by atoms with E-state index in [0.29, 0.717) is 44.5 Å². The van der Waals surface area contributed by atoms with Crippen LogP contribution in [0.3, 0.4) is 0 Å². The van der Waals surface area contributed by atoms with Crippen LogP contribution >= 0.6 is 160 Å². The minimum absolute atomic E-state index is 0.0551. The van der Waals surface area contributed by atoms with Gasteiger partial charge in [-0.25, -0.2) is 0 Å². The number of hydrogen-bond donors (Lipinski definition) is 0. The second-order valence-electron chi connectivity index (χ2n) is 26.0. The number of carbonyl (C=O) groups is 2. The van der Waals surface area contributed by atoms with Crippen LogP contribution in [-0.4, -0.2) is 34.6 Å². The summed E-state index contributed by atoms with van der Waals surface area (Å²) in [7, 11) is 0. The lowest BCUT2D eigenvalue weighted by molar-refractivity contribution is 0.103. The molecule has 0 fully saturated rings. The summed E-state index contributed by atoms with van der Waals surface area (Å²) >= 11 is 25.7. The van der Waals surface area contributed by atoms with Crippen molar-refractivity contribution in [3.63, 3.8) is 0 Å². The fourth-order valence-corrected chi connectivity index (χ4v) is 31.8. The molecule has 0 radical (unpaired) electrons. The number of fused-ring (bicyclic) bond motifs is 12. The maximum absolute atomic E-state index is 14.5. The highest BCUT2D eigenvalue weighted by Gasteiger charge is 2.56. The molecule has 514 valence electrons. The van der Waals surface area contributed by atoms with Crippen LogP contribution in [0, 0.1) is 45.3 Å². The number of hydrogen-bond acceptors (Lipinski definition) is 20. The van der Waals surface area contributed by atoms with Crippen molar-refractivity contribution in [1.82, 2.24) is 0 Å². The van der Waals surface area contributed by atoms with Gasteiger partial charge >= 0.3 is 0 Å². The molecular weight excluding hydrogens is 1520 g/mol. The first-order valence-electron chi connectivity index (χ1n) is 35.1. The number of allylic oxidation sites excluding steroid dienone is 6. The number of unbranched alkanes of at least 4 members (excludes halogenated alkanes) is 12. The Balaban J connectivity index is 0.993. The molecule has 0 saturated heterocycles. The van der Waals surface area contributed by atoms with E-state index in [0.717, 1.165) is 42.2 Å². The van der Waals surface area contributed by atoms with Crippen LogP contribution < -0.4 is 0 Å². The molecule has 0 saturated carbocycles. The largest absolute Gasteiger partial charge is 0.289 e. The predicted octanol–water partition coefficient (Wildman–Crippen LogP) is 28.2. The zero-order valence-electron chi connectivity index (χ0n) is 56.9. The van der Waals surface area contributed by atoms with Gasteiger partial charge in [0, 0.05) is 115 Å². The van der Waals surface area contributed by atoms with Gasteiger partial charge in [0.05, 0.1) is 37.1 Å². The Kier molecular flexibility index (Phi) is 22.2. The van der Waals surface area contributed by atoms with Gasteiger partial charge in [0.2, 0.25) is 0 Å². The zero-order valence-corrected chi connectivity index (χ0v) is 68.3. The Morgan fingerprint density at radius 3 is 1.03 bits per heavy atom. The van der Waals surface area contributed by atoms with Gasteiger partial charge in [-0.3, -0.25) is 9.59 Å². The minimum atomic E-state index is -0.752. The summed E-state index contributed by atoms with van der Waals surface area (Å²) in [4.78, 5) is 38.5. The van der Waals surface area contributed by atoms with Crippen molar-refractivity contribution in [2.45, 2.75) is 158 Å². The standard InChI is InChI=1S/C82H70N4O2S14/c1-5-9-13-17-29-91-67-25-21-63(99-67)81(64-22-26-68(100-64)92-30-18-14-10-6-2)59-37-52-60(38-51(59)77-73(81)79-61(97-77)35-49(95-79)33-53-71(47(39-83)40-84)55-43-89-45-57(55)75(53)87)82(65-23-27-69(101-65)93-31-19-15-11-7-3,66-24-28-70(102-66)94-32-20-16-12-8-4)74-78(52)98-62-36-50(96-80(62)74)34-54-72(48(41-85)42-86)56-44-90-46-58(56)76(54)88/h21-28,33-38,43-46H,5-20,29-32H2,1-4H3/b53-33-,54-34-. The lowest BCUT2D eigenvalue weighted by Gasteiger charge is -2.32. The van der Waals surface area contributed by atoms with Gasteiger partial charge in [-0.15, -0.1) is 138 Å². The summed E-state index contributed by atoms with van der Waals surface area (Å²) in [5, 5.41) is 49.0. The average Bonchev–Trinajstić information content (AvgIpc) is 1.49. The summed E-state index contributed by atoms with van der Waals surface area (Å²) in [6.07, 6.45) is 23.1. The molecule has 11 aromatic rings. The maximum Gasteiger partial charge on any atom is 0.195 e. The minimum Gasteiger partial charge on any atom is -0.289 e. The third kappa shape index (κ3) is 12.7. The molecule has 102 heavy (non-hydrogen) atoms. The third-order valence-corrected chi connectivity index (χ3v) is 36.0. The van der Waals surface area contributed by atoms with Gasteiger partial charge in [0.1, 0.15) is 35.4 Å². The quantitative estimate of drug-likeness (QED) is 0.0186. The van der Waals surface area contributed by atoms with E-state index < -0.39 is 10.8 Å². The highest BCUT2D eigenvalue weighted by molar-refractivity contribution is 8.02. The van der Waals surface area contributed by atoms with Crippen LogP contribution in [-0.2, 0) is 10.8 Å². The SMILES string of the molecule is CCCCCCSc1ccc(C2(c3ccc(SCCCCCC)s3)c3cc4c(cc3-c3sc5cc(/C=C6\C(=O)c7cscc7C6=C(C#N)C#N)sc5c32)C(c2ccc(SCCCCCC)s2)(c2ccc(SCCCCCC)s2)c2c-4sc3cc(/C=C4\C(=O)c5cscc5C4=C(C#N)C#N)sc23)s1. The van der Waals surface area contributed by atoms with Crippen molar-refractivity contribution in [3.8, 4) is 45.2 Å². The fourth-order valence-electron chi connectivity index (χ4n) is 14.9. The second-order valence-corrected chi connectivity index (χ2v) is 41.6. The number of carbonyl (C=O) groups excluding carboxylic acids is 2. The maximum atomic E-state index is 14.5. The first kappa shape index (κ1) is 72.0. The van der Waals surface area contributed by atoms with Crippen molar-refractivity contribution in [1.29, 1.82) is 21.0 Å². The summed E-state index contributed by atoms with van der Waals surface area (Å²) in [5.74, 6) is 3.90. The molecule has 20 heteroatoms. The number of rotatable bonds is 30. The van der Waals surface area contributed by atoms with Gasteiger partial charge in [0.15, 0.2) is 11.6 Å². The molecule has 0 spiro atoms. The first-order chi connectivity index (χ1) is 50.1. The molecule has 0 amide bonds. The Labute approximate surface area is 654 Å². The number of ketones is 2. The van der Waals surface area contributed by atoms with E-state index in [1.165, 1.54) is 214 Å². The highest BCUT2D eigenvalue weighted by atomic mass is 32.2. The smallest absolute Gasteiger partial charge is 0.195 e. The van der Waals surface area contributed by atoms with Crippen molar-refractivity contribution < 1.29 is 9.59 Å². The van der Waals surface area contributed by atoms with Crippen molar-refractivity contribution in [2.75, 3.05) is 23.0 Å². The molecule has 15 rings (SSSR count). The van der Waals surface area contributed by atoms with E-state index in [2.05, 4.69) is 125 Å². The number of thiophene rings is 10. The van der Waals surface area contributed by atoms with Crippen LogP contribution in [0.15, 0.2) is 133 Å². The molecule has 0 N–H and O–H groups in total. The number of benzene rings is 1. The summed E-state index contributed by atoms with van der Waals surface area (Å²) < 4.78 is 9.89. The van der Waals surface area contributed by atoms with E-state index in [4.69, 9.17) is 0 Å². The van der Waals surface area contributed by atoms with E-state index >= 15 is 0 Å². The molecular formula is C82H70N4O2S14. The first-order valence-corrected chi connectivity index (χ1v) is 47.4. The number of Topliss-reactive ketones (excluding diaryl/α,β-unsaturated/α-hetero) is 2. The second kappa shape index (κ2) is 31.5. The van der Waals surface area contributed by atoms with Crippen molar-refractivity contribution in [3.05, 3.63) is 190 Å². The average molecular weight is 1590 g/mol. The predicted molar refractivity (Wildman–Crippen MR) is 448 cm³/mol. The lowest BCUT2D eigenvalue weighted by atomic mass is 9.73. The van der Waals surface area contributed by atoms with E-state index in [1.54, 1.807) is 22.7 Å². The van der Waals surface area contributed by atoms with Gasteiger partial charge in [-0.2, -0.15) is 43.7 Å². The normalized spacial score (nSPS) is 15.2. The fraction of sp³-hybridized carbons (Fsp3) is 0.317. The number of nitriles is 4. The van der Waals surface area contributed by atoms with Gasteiger partial charge < -0.3 is 0 Å². The molecule has 4 aliphatic rings. The number of nitrogens with zero attached hydrogens (tertiary/aromatic N) is 4. The monoisotopic (exact) mass is 1590 g/mol. The highest BCUT2D eigenvalue weighted by Crippen LogP contribution is 2.70. The topological polar surface area (TPSA) is 129 Å². The van der Waals surface area contributed by atoms with Crippen LogP contribution in [0.5, 0.6) is 0 Å². The Morgan fingerprint density at radius 1 is 0.392 bits per heavy atom. The molecule has 0 bridgehead atoms. The van der Waals surface area contributed by atoms with Crippen LogP contribution in [0.4, 0.5) is 0 Å². The van der Waals surface area contributed by atoms with E-state index in [9.17, 15) is 30.6 Å². The van der Waals surface area contributed by atoms with E-state index in [-0.39, 0.29) is 22.7 Å². The van der Waals surface area contributed by atoms with Gasteiger partial charge in [-0.05, 0) is 167 Å². The summed E-state index contributed by atoms with van der Waals surface area (Å²) in [6.45, 7) is 9.10. The molecule has 6 nitrogen and oxygen atoms in total. The number of thioether (sulfide) groups is 4. The van der Waals surface area contributed by atoms with Crippen molar-refractivity contribution >= 4 is 214 Å². The Morgan fingerprint density at radius 2 is 0.716 bits per heavy atom. The van der Waals surface area contributed by atoms with E-state index in [1.807, 2.05) is 149 Å². The summed E-state index contributed by atoms with van der Waals surface area (Å²) in [5.41, 5.74) is 10.0. The van der Waals surface area contributed by atoms with Gasteiger partial charge in [-0.1, -0.05) is 105 Å². The van der Waals surface area contributed by atoms with Crippen LogP contribution in [0.1, 0.15) is 214 Å². The molecule has 4 aliphatic carbocycles. The zero-order chi connectivity index (χ0) is 70.2. The molecule has 10 aromatic heterocycles. The van der Waals surface area contributed by atoms with Gasteiger partial charge in [0.25, 0.3) is 0 Å². The molecule has 1 aromatic carbocycles. The van der Waals surface area contributed by atoms with Crippen LogP contribution in [0.2, 0.25) is 0 Å². The molecule has 10 heterocycles. The molecule has 0 aliphatic heterocycles. The van der Waals surface area contributed by atoms with Crippen LogP contribution in [0.25, 0.3) is 63.0 Å². The third-order valence-electron chi connectivity index (χ3n) is 19.6. The lowest BCUT2D eigenvalue weighted by Crippen LogP contribution is -2.27. The summed E-state index contributed by atoms with van der Waals surface area (Å²) in [6, 6.07) is 37.6. The Hall–Kier alpha value is -5.60. The molecule has 0 atom stereocenters. The van der Waals surface area contributed by atoms with Crippen molar-refractivity contribution in [2.24, 2.45) is 0 Å².